The molecule has 32 N–H and O–H groups in total. The molecule has 0 radical (unpaired) electrons. The number of nitrogens with zero attached hydrogens (tertiary/aromatic N) is 2. The van der Waals surface area contributed by atoms with Gasteiger partial charge in [0.25, 0.3) is 0 Å². The minimum absolute atomic E-state index is 0.00879. The van der Waals surface area contributed by atoms with E-state index in [4.69, 9.17) is 39.2 Å². The first kappa shape index (κ1) is 108. The first-order valence-electron chi connectivity index (χ1n) is 43.3. The Morgan fingerprint density at radius 3 is 1.64 bits per heavy atom. The number of phenolic OH excluding ortho intramolecular Hbond substituents is 1. The largest absolute Gasteiger partial charge is 0.508 e. The predicted molar refractivity (Wildman–Crippen MR) is 482 cm³/mol. The Bertz CT molecular complexity index is 4390. The van der Waals surface area contributed by atoms with E-state index in [-0.39, 0.29) is 108 Å². The first-order valence-corrected chi connectivity index (χ1v) is 45.7. The number of carboxylic acids is 1. The molecule has 2 saturated heterocycles. The zero-order valence-corrected chi connectivity index (χ0v) is 75.5. The number of guanidine groups is 3. The van der Waals surface area contributed by atoms with Crippen LogP contribution in [0.1, 0.15) is 154 Å². The molecule has 722 valence electrons. The van der Waals surface area contributed by atoms with Crippen molar-refractivity contribution in [1.82, 2.24) is 105 Å². The third-order valence-electron chi connectivity index (χ3n) is 21.1. The Morgan fingerprint density at radius 1 is 0.550 bits per heavy atom. The summed E-state index contributed by atoms with van der Waals surface area (Å²) in [4.78, 5) is 253. The number of piperazine rings is 1. The number of hydrogen-bond donors (Lipinski definition) is 28. The number of amides is 16. The Morgan fingerprint density at radius 2 is 1.07 bits per heavy atom. The molecule has 3 aromatic rings. The predicted octanol–water partition coefficient (Wildman–Crippen LogP) is -5.86. The highest BCUT2D eigenvalue weighted by molar-refractivity contribution is 8.76. The van der Waals surface area contributed by atoms with Gasteiger partial charge in [-0.2, -0.15) is 0 Å². The molecule has 0 saturated carbocycles. The van der Waals surface area contributed by atoms with Gasteiger partial charge >= 0.3 is 5.97 Å². The number of aromatic amines is 1. The van der Waals surface area contributed by atoms with Gasteiger partial charge < -0.3 is 139 Å². The Balaban J connectivity index is 1.70. The van der Waals surface area contributed by atoms with Crippen LogP contribution in [0.2, 0.25) is 0 Å². The summed E-state index contributed by atoms with van der Waals surface area (Å²) in [5, 5.41) is 98.1. The quantitative estimate of drug-likeness (QED) is 0.0112. The minimum atomic E-state index is -2.03. The molecule has 0 bridgehead atoms. The lowest BCUT2D eigenvalue weighted by Gasteiger charge is -2.40. The summed E-state index contributed by atoms with van der Waals surface area (Å²) in [7, 11) is 1.64. The first-order chi connectivity index (χ1) is 62.3. The summed E-state index contributed by atoms with van der Waals surface area (Å²) in [6, 6.07) is -9.45. The van der Waals surface area contributed by atoms with E-state index in [1.165, 1.54) is 50.6 Å². The number of primary amides is 1. The lowest BCUT2D eigenvalue weighted by atomic mass is 9.97. The number of aliphatic hydroxyl groups is 1. The minimum Gasteiger partial charge on any atom is -0.508 e. The number of carbonyl (C=O) groups excluding carboxylic acids is 16. The number of aliphatic carboxylic acids is 1. The van der Waals surface area contributed by atoms with Crippen LogP contribution in [0.4, 0.5) is 0 Å². The molecule has 131 heavy (non-hydrogen) atoms. The number of imidazole rings is 1. The lowest BCUT2D eigenvalue weighted by Crippen LogP contribution is -2.67. The lowest BCUT2D eigenvalue weighted by molar-refractivity contribution is -0.149. The Kier molecular flexibility index (Phi) is 47.2. The number of H-pyrrole nitrogens is 1. The van der Waals surface area contributed by atoms with Gasteiger partial charge in [-0.3, -0.25) is 97.7 Å². The Hall–Kier alpha value is -13.1. The molecule has 2 fully saturated rings. The van der Waals surface area contributed by atoms with Gasteiger partial charge in [0, 0.05) is 63.0 Å². The third-order valence-corrected chi connectivity index (χ3v) is 23.5. The molecule has 3 heterocycles. The van der Waals surface area contributed by atoms with E-state index >= 15 is 24.0 Å². The second-order valence-corrected chi connectivity index (χ2v) is 34.1. The second-order valence-electron chi connectivity index (χ2n) is 31.6. The number of aromatic hydroxyl groups is 1. The SMILES string of the molecule is CCCCCCC(=O)N[C@@H]1CSSC[C@@H](C(=O)N[C@@H](Cc2ccc(O)cc2)C(=O)N2C[C@H](C(N)=O)NC(=O)[C@@H]2CCCNC(=N)N)NC(=O)[C@H](CO)NC(=O)[C@H]([C@@H](C)CC)NC(=O)[C@H](CCCNC(=N)N)NC(=O)[C@H](CC(=O)O)NC(=O)[C@@H](CCCC)NC(=O)[C@H](CCCNC(=N)N)NC(=O)CNC(=O)[C@@H](C)NC(=O)[C@H](Cc2ccccc2)NC(=O)[C@H](Cc2c[nH]cn2)NC1=O. The number of phenols is 1. The van der Waals surface area contributed by atoms with Crippen LogP contribution in [0.15, 0.2) is 67.1 Å². The van der Waals surface area contributed by atoms with Crippen molar-refractivity contribution in [3.8, 4) is 5.75 Å². The van der Waals surface area contributed by atoms with Gasteiger partial charge in [0.05, 0.1) is 38.1 Å². The van der Waals surface area contributed by atoms with E-state index in [0.29, 0.717) is 30.4 Å². The molecule has 2 aliphatic heterocycles. The van der Waals surface area contributed by atoms with E-state index in [1.807, 2.05) is 6.92 Å². The van der Waals surface area contributed by atoms with Crippen LogP contribution in [0, 0.1) is 22.1 Å². The number of carboxylic acid groups (broad SMARTS) is 1. The fraction of sp³-hybridized carbons (Fsp3) is 0.573. The van der Waals surface area contributed by atoms with Crippen molar-refractivity contribution in [2.45, 2.75) is 241 Å². The molecule has 2 aromatic carbocycles. The standard InChI is InChI=1S/C82H127N27O20S2/c1-6-9-11-15-25-62(112)98-59-41-130-131-42-60(76(126)104-56(34-47-26-28-49(111)29-27-47)79(129)109-39-57(66(83)116)105-77(127)61(109)24-18-32-93-82(88)89)107-74(124)58(40-110)106-78(128)65(44(4)8-3)108-70(120)52(23-17-31-92-81(86)87)100-73(123)55(36-64(114)115)103-69(119)51(21-10-7-2)99-68(118)50(22-16-30-91-80(84)85)97-63(113)38-94-67(117)45(5)96-71(121)53(33-46-19-13-12-14-20-46)101-72(122)54(102-75(59)125)35-48-37-90-43-95-48/h12-14,19-20,26-29,37,43-45,50-61,65,110-111H,6-11,15-18,21-25,30-36,38-42H2,1-5H3,(H2,83,116)(H,90,95)(H,94,117)(H,96,121)(H,97,113)(H,98,112)(H,99,118)(H,100,123)(H,101,122)(H,102,125)(H,103,119)(H,104,126)(H,105,127)(H,106,128)(H,107,124)(H,108,120)(H,114,115)(H4,84,85,91)(H4,86,87,92)(H4,88,89,93)/t44-,45+,50-,51+,52-,53-,54-,55-,56-,57+,58-,59+,60-,61-,65-/m0/s1. The van der Waals surface area contributed by atoms with Crippen LogP contribution in [-0.4, -0.2) is 284 Å². The highest BCUT2D eigenvalue weighted by Gasteiger charge is 2.44. The zero-order chi connectivity index (χ0) is 96.8. The molecular formula is C82H127N27O20S2. The van der Waals surface area contributed by atoms with Gasteiger partial charge in [-0.1, -0.05) is 130 Å². The number of carbonyl (C=O) groups is 17. The summed E-state index contributed by atoms with van der Waals surface area (Å²) in [6.45, 7) is 5.43. The summed E-state index contributed by atoms with van der Waals surface area (Å²) in [5.74, 6) is -21.4. The van der Waals surface area contributed by atoms with Gasteiger partial charge in [0.15, 0.2) is 17.9 Å². The van der Waals surface area contributed by atoms with E-state index in [1.54, 1.807) is 44.2 Å². The van der Waals surface area contributed by atoms with Crippen molar-refractivity contribution in [2.24, 2.45) is 28.9 Å². The molecule has 16 amide bonds. The maximum Gasteiger partial charge on any atom is 0.305 e. The van der Waals surface area contributed by atoms with Crippen molar-refractivity contribution < 1.29 is 96.8 Å². The molecule has 5 rings (SSSR count). The maximum absolute atomic E-state index is 15.5. The summed E-state index contributed by atoms with van der Waals surface area (Å²) in [5.41, 5.74) is 23.3. The molecule has 0 spiro atoms. The fourth-order valence-electron chi connectivity index (χ4n) is 13.6. The molecule has 0 aliphatic carbocycles. The number of aliphatic hydroxyl groups excluding tert-OH is 1. The van der Waals surface area contributed by atoms with Gasteiger partial charge in [0.1, 0.15) is 90.3 Å². The topological polar surface area (TPSA) is 763 Å². The third kappa shape index (κ3) is 39.0. The number of nitrogens with one attached hydrogen (secondary N) is 21. The number of benzene rings is 2. The van der Waals surface area contributed by atoms with E-state index in [9.17, 15) is 72.9 Å². The number of nitrogens with two attached hydrogens (primary N) is 4. The smallest absolute Gasteiger partial charge is 0.305 e. The van der Waals surface area contributed by atoms with Crippen molar-refractivity contribution >= 4 is 140 Å². The summed E-state index contributed by atoms with van der Waals surface area (Å²) >= 11 is 0. The molecule has 1 aromatic heterocycles. The molecule has 0 unspecified atom stereocenters. The van der Waals surface area contributed by atoms with E-state index in [0.717, 1.165) is 39.3 Å². The summed E-state index contributed by atoms with van der Waals surface area (Å²) in [6.07, 6.45) is 3.11. The van der Waals surface area contributed by atoms with Gasteiger partial charge in [-0.15, -0.1) is 0 Å². The fourth-order valence-corrected chi connectivity index (χ4v) is 16.0. The van der Waals surface area contributed by atoms with Gasteiger partial charge in [0.2, 0.25) is 94.5 Å². The van der Waals surface area contributed by atoms with E-state index < -0.39 is 253 Å². The molecule has 47 nitrogen and oxygen atoms in total. The van der Waals surface area contributed by atoms with Crippen LogP contribution in [0.5, 0.6) is 5.75 Å². The molecule has 49 heteroatoms. The molecule has 15 atom stereocenters. The number of aromatic nitrogens is 2. The molecule has 2 aliphatic rings. The normalized spacial score (nSPS) is 23.1. The van der Waals surface area contributed by atoms with Crippen molar-refractivity contribution in [1.29, 1.82) is 16.2 Å². The average Bonchev–Trinajstić information content (AvgIpc) is 0.979. The van der Waals surface area contributed by atoms with Crippen LogP contribution in [0.3, 0.4) is 0 Å². The summed E-state index contributed by atoms with van der Waals surface area (Å²) < 4.78 is 0. The van der Waals surface area contributed by atoms with Crippen LogP contribution >= 0.6 is 21.6 Å². The van der Waals surface area contributed by atoms with Crippen LogP contribution < -0.4 is 113 Å². The highest BCUT2D eigenvalue weighted by atomic mass is 33.1. The van der Waals surface area contributed by atoms with Crippen LogP contribution in [0.25, 0.3) is 0 Å². The van der Waals surface area contributed by atoms with Gasteiger partial charge in [-0.25, -0.2) is 4.98 Å². The zero-order valence-electron chi connectivity index (χ0n) is 73.9. The van der Waals surface area contributed by atoms with E-state index in [2.05, 4.69) is 100 Å². The van der Waals surface area contributed by atoms with Crippen molar-refractivity contribution in [2.75, 3.05) is 50.8 Å². The van der Waals surface area contributed by atoms with Crippen LogP contribution in [-0.2, 0) is 101 Å². The number of rotatable bonds is 36. The number of hydrogen-bond acceptors (Lipinski definition) is 25. The second kappa shape index (κ2) is 57.1. The average molecular weight is 1880 g/mol. The molecular weight excluding hydrogens is 1750 g/mol. The number of unbranched alkanes of at least 4 members (excludes halogenated alkanes) is 4. The highest BCUT2D eigenvalue weighted by Crippen LogP contribution is 2.26. The Labute approximate surface area is 765 Å². The van der Waals surface area contributed by atoms with Crippen molar-refractivity contribution in [3.63, 3.8) is 0 Å². The monoisotopic (exact) mass is 1870 g/mol. The van der Waals surface area contributed by atoms with Crippen molar-refractivity contribution in [3.05, 3.63) is 83.9 Å². The van der Waals surface area contributed by atoms with Gasteiger partial charge in [-0.05, 0) is 87.5 Å². The maximum atomic E-state index is 15.5.